The van der Waals surface area contributed by atoms with E-state index in [1.165, 1.54) is 6.92 Å². The molecule has 0 aromatic carbocycles. The van der Waals surface area contributed by atoms with Gasteiger partial charge in [-0.25, -0.2) is 0 Å². The molecule has 0 radical (unpaired) electrons. The van der Waals surface area contributed by atoms with Gasteiger partial charge in [-0.3, -0.25) is 0 Å². The van der Waals surface area contributed by atoms with Crippen LogP contribution in [0.15, 0.2) is 12.2 Å². The van der Waals surface area contributed by atoms with E-state index in [2.05, 4.69) is 12.2 Å². The van der Waals surface area contributed by atoms with E-state index >= 15 is 0 Å². The third kappa shape index (κ3) is 1.80. The Morgan fingerprint density at radius 3 is 2.85 bits per heavy atom. The number of fused-ring (bicyclic) bond motifs is 2. The van der Waals surface area contributed by atoms with Gasteiger partial charge >= 0.3 is 94.0 Å². The van der Waals surface area contributed by atoms with Crippen LogP contribution in [-0.4, -0.2) is 12.1 Å². The van der Waals surface area contributed by atoms with E-state index < -0.39 is 23.3 Å². The van der Waals surface area contributed by atoms with Gasteiger partial charge < -0.3 is 0 Å². The second-order valence-corrected chi connectivity index (χ2v) is 11.4. The second-order valence-electron chi connectivity index (χ2n) is 3.84. The molecule has 0 spiro atoms. The van der Waals surface area contributed by atoms with Gasteiger partial charge in [0.25, 0.3) is 0 Å². The van der Waals surface area contributed by atoms with Crippen LogP contribution in [0.5, 0.6) is 0 Å². The summed E-state index contributed by atoms with van der Waals surface area (Å²) in [5, 5.41) is 0. The summed E-state index contributed by atoms with van der Waals surface area (Å²) in [6, 6.07) is 0. The summed E-state index contributed by atoms with van der Waals surface area (Å²) in [6.07, 6.45) is 5.74. The predicted molar refractivity (Wildman–Crippen MR) is 45.9 cm³/mol. The average Bonchev–Trinajstić information content (AvgIpc) is 2.62. The standard InChI is InChI=1S/C9H11O2.ClH.Hg/c1-6(10)11-9-5-7-2-3-8(9)4-7;;/h2-3,5,7-9H,4H2,1H3;1H;/q;;+1/p-1/t7-,8+,9+;;/m0../s1. The van der Waals surface area contributed by atoms with E-state index in [0.29, 0.717) is 15.3 Å². The van der Waals surface area contributed by atoms with Crippen molar-refractivity contribution < 1.29 is 32.9 Å². The molecule has 2 aliphatic rings. The first kappa shape index (κ1) is 9.97. The molecule has 2 aliphatic carbocycles. The molecule has 4 heteroatoms. The summed E-state index contributed by atoms with van der Waals surface area (Å²) < 4.78 is 5.89. The van der Waals surface area contributed by atoms with Crippen LogP contribution in [0.4, 0.5) is 0 Å². The van der Waals surface area contributed by atoms with Crippen LogP contribution in [0, 0.1) is 11.8 Å². The van der Waals surface area contributed by atoms with Crippen LogP contribution in [-0.2, 0) is 32.9 Å². The SMILES string of the molecule is CC(=O)O[C@@H]1[C@H]([Hg][Cl])[C@H]2C=C[C@@H]1C2. The number of carbonyl (C=O) groups excluding carboxylic acids is 1. The van der Waals surface area contributed by atoms with Crippen molar-refractivity contribution in [1.82, 2.24) is 0 Å². The quantitative estimate of drug-likeness (QED) is 0.413. The molecule has 0 aromatic heterocycles. The summed E-state index contributed by atoms with van der Waals surface area (Å²) in [7, 11) is 6.08. The van der Waals surface area contributed by atoms with E-state index in [4.69, 9.17) is 13.0 Å². The topological polar surface area (TPSA) is 26.3 Å². The van der Waals surface area contributed by atoms with Crippen LogP contribution in [0.1, 0.15) is 13.3 Å². The normalized spacial score (nSPS) is 40.5. The maximum atomic E-state index is 10.9. The summed E-state index contributed by atoms with van der Waals surface area (Å²) in [6.45, 7) is 1.48. The summed E-state index contributed by atoms with van der Waals surface area (Å²) in [4.78, 5) is 10.9. The van der Waals surface area contributed by atoms with Crippen molar-refractivity contribution in [3.8, 4) is 0 Å². The second kappa shape index (κ2) is 3.89. The number of esters is 1. The Morgan fingerprint density at radius 1 is 1.54 bits per heavy atom. The van der Waals surface area contributed by atoms with Crippen molar-refractivity contribution in [2.45, 2.75) is 22.9 Å². The van der Waals surface area contributed by atoms with Crippen molar-refractivity contribution in [1.29, 1.82) is 0 Å². The minimum absolute atomic E-state index is 0.131. The Bertz CT molecular complexity index is 254. The van der Waals surface area contributed by atoms with E-state index in [9.17, 15) is 4.79 Å². The molecule has 2 bridgehead atoms. The van der Waals surface area contributed by atoms with Crippen molar-refractivity contribution in [3.63, 3.8) is 0 Å². The molecule has 0 saturated heterocycles. The fourth-order valence-electron chi connectivity index (χ4n) is 2.45. The molecule has 0 aliphatic heterocycles. The molecule has 0 aromatic rings. The Kier molecular flexibility index (Phi) is 2.99. The molecular weight excluding hydrogens is 376 g/mol. The summed E-state index contributed by atoms with van der Waals surface area (Å²) >= 11 is -1.29. The van der Waals surface area contributed by atoms with Crippen LogP contribution in [0.3, 0.4) is 0 Å². The molecule has 0 heterocycles. The van der Waals surface area contributed by atoms with Crippen molar-refractivity contribution in [2.24, 2.45) is 11.8 Å². The number of halogens is 1. The average molecular weight is 387 g/mol. The zero-order chi connectivity index (χ0) is 9.42. The van der Waals surface area contributed by atoms with Gasteiger partial charge in [-0.1, -0.05) is 0 Å². The number of hydrogen-bond donors (Lipinski definition) is 0. The van der Waals surface area contributed by atoms with Crippen molar-refractivity contribution in [2.75, 3.05) is 0 Å². The summed E-state index contributed by atoms with van der Waals surface area (Å²) in [5.74, 6) is 0.945. The van der Waals surface area contributed by atoms with Crippen LogP contribution in [0.25, 0.3) is 0 Å². The first-order valence-corrected chi connectivity index (χ1v) is 14.6. The van der Waals surface area contributed by atoms with Gasteiger partial charge in [0.2, 0.25) is 0 Å². The van der Waals surface area contributed by atoms with Crippen LogP contribution in [0.2, 0.25) is 3.43 Å². The Labute approximate surface area is 93.5 Å². The first-order chi connectivity index (χ1) is 6.22. The van der Waals surface area contributed by atoms with Gasteiger partial charge in [0.05, 0.1) is 0 Å². The molecule has 68 valence electrons. The zero-order valence-electron chi connectivity index (χ0n) is 7.57. The summed E-state index contributed by atoms with van der Waals surface area (Å²) in [5.41, 5.74) is 0. The molecule has 2 nitrogen and oxygen atoms in total. The number of allylic oxidation sites excluding steroid dienone is 1. The van der Waals surface area contributed by atoms with Crippen molar-refractivity contribution in [3.05, 3.63) is 12.2 Å². The Hall–Kier alpha value is 0.435. The number of ether oxygens (including phenoxy) is 1. The van der Waals surface area contributed by atoms with E-state index in [0.717, 1.165) is 6.42 Å². The Morgan fingerprint density at radius 2 is 2.23 bits per heavy atom. The first-order valence-electron chi connectivity index (χ1n) is 4.64. The minimum atomic E-state index is -1.29. The van der Waals surface area contributed by atoms with Gasteiger partial charge in [0, 0.05) is 0 Å². The van der Waals surface area contributed by atoms with Crippen molar-refractivity contribution >= 4 is 14.2 Å². The number of rotatable bonds is 2. The molecule has 1 saturated carbocycles. The van der Waals surface area contributed by atoms with Gasteiger partial charge in [0.1, 0.15) is 0 Å². The van der Waals surface area contributed by atoms with Crippen LogP contribution < -0.4 is 0 Å². The predicted octanol–water partition coefficient (Wildman–Crippen LogP) is 2.15. The van der Waals surface area contributed by atoms with E-state index in [1.807, 2.05) is 0 Å². The van der Waals surface area contributed by atoms with Gasteiger partial charge in [-0.2, -0.15) is 0 Å². The number of carbonyl (C=O) groups is 1. The molecule has 4 atom stereocenters. The van der Waals surface area contributed by atoms with Crippen LogP contribution >= 0.6 is 8.25 Å². The molecule has 1 fully saturated rings. The van der Waals surface area contributed by atoms with Gasteiger partial charge in [-0.15, -0.1) is 0 Å². The maximum absolute atomic E-state index is 10.9. The van der Waals surface area contributed by atoms with E-state index in [-0.39, 0.29) is 12.1 Å². The molecule has 0 amide bonds. The fraction of sp³-hybridized carbons (Fsp3) is 0.667. The number of hydrogen-bond acceptors (Lipinski definition) is 2. The molecule has 13 heavy (non-hydrogen) atoms. The van der Waals surface area contributed by atoms with E-state index in [1.54, 1.807) is 0 Å². The fourth-order valence-corrected chi connectivity index (χ4v) is 10.7. The van der Waals surface area contributed by atoms with Gasteiger partial charge in [-0.05, 0) is 0 Å². The molecular formula is C9H11ClHgO2. The molecule has 0 N–H and O–H groups in total. The zero-order valence-corrected chi connectivity index (χ0v) is 13.8. The third-order valence-corrected chi connectivity index (χ3v) is 11.7. The van der Waals surface area contributed by atoms with Gasteiger partial charge in [0.15, 0.2) is 0 Å². The Balaban J connectivity index is 2.09. The monoisotopic (exact) mass is 388 g/mol. The third-order valence-electron chi connectivity index (χ3n) is 3.02. The molecule has 0 unspecified atom stereocenters. The molecule has 2 rings (SSSR count).